The van der Waals surface area contributed by atoms with Gasteiger partial charge in [0.25, 0.3) is 5.91 Å². The number of carbonyl (C=O) groups is 1. The van der Waals surface area contributed by atoms with Gasteiger partial charge in [-0.05, 0) is 25.3 Å². The topological polar surface area (TPSA) is 85.0 Å². The number of ether oxygens (including phenoxy) is 2. The number of hydrogen-bond donors (Lipinski definition) is 2. The third kappa shape index (κ3) is 3.14. The molecule has 0 radical (unpaired) electrons. The van der Waals surface area contributed by atoms with Crippen LogP contribution in [0.5, 0.6) is 11.5 Å². The van der Waals surface area contributed by atoms with E-state index in [1.54, 1.807) is 24.1 Å². The molecular formula is C14H20N2O4. The van der Waals surface area contributed by atoms with E-state index in [4.69, 9.17) is 20.3 Å². The lowest BCUT2D eigenvalue weighted by molar-refractivity contribution is 0.0792. The van der Waals surface area contributed by atoms with Gasteiger partial charge in [0.2, 0.25) is 6.79 Å². The van der Waals surface area contributed by atoms with E-state index >= 15 is 0 Å². The van der Waals surface area contributed by atoms with E-state index in [-0.39, 0.29) is 19.3 Å². The van der Waals surface area contributed by atoms with Crippen molar-refractivity contribution in [1.82, 2.24) is 4.90 Å². The van der Waals surface area contributed by atoms with Crippen molar-refractivity contribution in [3.05, 3.63) is 17.7 Å². The second-order valence-electron chi connectivity index (χ2n) is 4.80. The van der Waals surface area contributed by atoms with E-state index in [1.807, 2.05) is 0 Å². The zero-order valence-corrected chi connectivity index (χ0v) is 11.6. The first kappa shape index (κ1) is 14.5. The fourth-order valence-electron chi connectivity index (χ4n) is 2.09. The maximum atomic E-state index is 12.3. The lowest BCUT2D eigenvalue weighted by atomic mass is 10.1. The average molecular weight is 280 g/mol. The first-order valence-electron chi connectivity index (χ1n) is 6.69. The van der Waals surface area contributed by atoms with Crippen LogP contribution in [-0.4, -0.2) is 42.9 Å². The van der Waals surface area contributed by atoms with Gasteiger partial charge in [-0.1, -0.05) is 0 Å². The minimum Gasteiger partial charge on any atom is -0.454 e. The quantitative estimate of drug-likeness (QED) is 0.605. The van der Waals surface area contributed by atoms with Gasteiger partial charge in [-0.3, -0.25) is 4.79 Å². The smallest absolute Gasteiger partial charge is 0.255 e. The van der Waals surface area contributed by atoms with Crippen molar-refractivity contribution in [2.75, 3.05) is 32.7 Å². The molecule has 2 rings (SSSR count). The molecule has 0 aliphatic carbocycles. The second-order valence-corrected chi connectivity index (χ2v) is 4.80. The van der Waals surface area contributed by atoms with Crippen LogP contribution < -0.4 is 15.2 Å². The predicted molar refractivity (Wildman–Crippen MR) is 74.9 cm³/mol. The number of anilines is 1. The van der Waals surface area contributed by atoms with E-state index in [9.17, 15) is 4.79 Å². The second kappa shape index (κ2) is 6.47. The van der Waals surface area contributed by atoms with Gasteiger partial charge >= 0.3 is 0 Å². The van der Waals surface area contributed by atoms with Gasteiger partial charge in [-0.25, -0.2) is 0 Å². The molecule has 0 aromatic heterocycles. The molecule has 1 aliphatic heterocycles. The largest absolute Gasteiger partial charge is 0.454 e. The minimum absolute atomic E-state index is 0.134. The van der Waals surface area contributed by atoms with Crippen molar-refractivity contribution in [1.29, 1.82) is 0 Å². The van der Waals surface area contributed by atoms with Gasteiger partial charge in [-0.15, -0.1) is 0 Å². The van der Waals surface area contributed by atoms with Gasteiger partial charge in [0.1, 0.15) is 0 Å². The van der Waals surface area contributed by atoms with Crippen LogP contribution in [0.15, 0.2) is 12.1 Å². The molecule has 0 bridgehead atoms. The Kier molecular flexibility index (Phi) is 4.68. The fourth-order valence-corrected chi connectivity index (χ4v) is 2.09. The summed E-state index contributed by atoms with van der Waals surface area (Å²) in [7, 11) is 1.74. The van der Waals surface area contributed by atoms with E-state index < -0.39 is 0 Å². The average Bonchev–Trinajstić information content (AvgIpc) is 2.88. The molecule has 0 spiro atoms. The number of benzene rings is 1. The summed E-state index contributed by atoms with van der Waals surface area (Å²) in [6.45, 7) is 0.975. The molecule has 20 heavy (non-hydrogen) atoms. The Balaban J connectivity index is 2.01. The molecule has 0 atom stereocenters. The Morgan fingerprint density at radius 1 is 1.30 bits per heavy atom. The highest BCUT2D eigenvalue weighted by molar-refractivity contribution is 6.00. The molecule has 0 fully saturated rings. The number of nitrogen functional groups attached to an aromatic ring is 1. The summed E-state index contributed by atoms with van der Waals surface area (Å²) in [5, 5.41) is 8.72. The standard InChI is InChI=1S/C14H20N2O4/c1-16(5-3-2-4-6-17)14(18)10-7-12-13(8-11(10)15)20-9-19-12/h7-8,17H,2-6,9,15H2,1H3. The number of aliphatic hydroxyl groups excluding tert-OH is 1. The maximum absolute atomic E-state index is 12.3. The fraction of sp³-hybridized carbons (Fsp3) is 0.500. The van der Waals surface area contributed by atoms with Crippen LogP contribution in [0.1, 0.15) is 29.6 Å². The van der Waals surface area contributed by atoms with Crippen molar-refractivity contribution in [2.24, 2.45) is 0 Å². The molecule has 1 aromatic rings. The third-order valence-corrected chi connectivity index (χ3v) is 3.27. The molecule has 0 saturated heterocycles. The lowest BCUT2D eigenvalue weighted by Crippen LogP contribution is -2.28. The van der Waals surface area contributed by atoms with Crippen LogP contribution in [-0.2, 0) is 0 Å². The molecule has 6 nitrogen and oxygen atoms in total. The summed E-state index contributed by atoms with van der Waals surface area (Å²) >= 11 is 0. The molecular weight excluding hydrogens is 260 g/mol. The highest BCUT2D eigenvalue weighted by Gasteiger charge is 2.21. The SMILES string of the molecule is CN(CCCCCO)C(=O)c1cc2c(cc1N)OCO2. The number of rotatable bonds is 6. The summed E-state index contributed by atoms with van der Waals surface area (Å²) in [5.41, 5.74) is 6.71. The Bertz CT molecular complexity index is 490. The zero-order chi connectivity index (χ0) is 14.5. The molecule has 1 amide bonds. The molecule has 3 N–H and O–H groups in total. The Morgan fingerprint density at radius 3 is 2.70 bits per heavy atom. The molecule has 0 unspecified atom stereocenters. The number of nitrogens with two attached hydrogens (primary N) is 1. The van der Waals surface area contributed by atoms with Crippen molar-refractivity contribution >= 4 is 11.6 Å². The number of nitrogens with zero attached hydrogens (tertiary/aromatic N) is 1. The molecule has 0 saturated carbocycles. The molecule has 1 heterocycles. The monoisotopic (exact) mass is 280 g/mol. The van der Waals surface area contributed by atoms with E-state index in [0.29, 0.717) is 29.3 Å². The van der Waals surface area contributed by atoms with Crippen LogP contribution in [0.4, 0.5) is 5.69 Å². The Labute approximate surface area is 118 Å². The summed E-state index contributed by atoms with van der Waals surface area (Å²) in [4.78, 5) is 14.0. The summed E-state index contributed by atoms with van der Waals surface area (Å²) in [6, 6.07) is 3.25. The van der Waals surface area contributed by atoms with E-state index in [2.05, 4.69) is 0 Å². The molecule has 6 heteroatoms. The number of unbranched alkanes of at least 4 members (excludes halogenated alkanes) is 2. The Morgan fingerprint density at radius 2 is 2.00 bits per heavy atom. The lowest BCUT2D eigenvalue weighted by Gasteiger charge is -2.18. The minimum atomic E-state index is -0.134. The first-order valence-corrected chi connectivity index (χ1v) is 6.69. The van der Waals surface area contributed by atoms with Gasteiger partial charge in [0.05, 0.1) is 5.56 Å². The Hall–Kier alpha value is -1.95. The van der Waals surface area contributed by atoms with Gasteiger partial charge < -0.3 is 25.2 Å². The van der Waals surface area contributed by atoms with Crippen LogP contribution in [0.25, 0.3) is 0 Å². The van der Waals surface area contributed by atoms with Crippen molar-refractivity contribution in [2.45, 2.75) is 19.3 Å². The number of carbonyl (C=O) groups excluding carboxylic acids is 1. The number of hydrogen-bond acceptors (Lipinski definition) is 5. The van der Waals surface area contributed by atoms with Crippen LogP contribution in [0.3, 0.4) is 0 Å². The van der Waals surface area contributed by atoms with Gasteiger partial charge in [-0.2, -0.15) is 0 Å². The summed E-state index contributed by atoms with van der Waals surface area (Å²) in [6.07, 6.45) is 2.51. The van der Waals surface area contributed by atoms with E-state index in [0.717, 1.165) is 19.3 Å². The number of amides is 1. The van der Waals surface area contributed by atoms with Gasteiger partial charge in [0, 0.05) is 32.0 Å². The van der Waals surface area contributed by atoms with Crippen LogP contribution in [0.2, 0.25) is 0 Å². The first-order chi connectivity index (χ1) is 9.63. The van der Waals surface area contributed by atoms with Crippen molar-refractivity contribution in [3.8, 4) is 11.5 Å². The van der Waals surface area contributed by atoms with Crippen LogP contribution >= 0.6 is 0 Å². The van der Waals surface area contributed by atoms with Crippen molar-refractivity contribution in [3.63, 3.8) is 0 Å². The van der Waals surface area contributed by atoms with Gasteiger partial charge in [0.15, 0.2) is 11.5 Å². The molecule has 1 aromatic carbocycles. The van der Waals surface area contributed by atoms with Crippen molar-refractivity contribution < 1.29 is 19.4 Å². The number of aliphatic hydroxyl groups is 1. The highest BCUT2D eigenvalue weighted by atomic mass is 16.7. The number of fused-ring (bicyclic) bond motifs is 1. The summed E-state index contributed by atoms with van der Waals surface area (Å²) in [5.74, 6) is 0.991. The zero-order valence-electron chi connectivity index (χ0n) is 11.6. The molecule has 110 valence electrons. The normalized spacial score (nSPS) is 12.5. The van der Waals surface area contributed by atoms with Crippen LogP contribution in [0, 0.1) is 0 Å². The predicted octanol–water partition coefficient (Wildman–Crippen LogP) is 1.23. The molecule has 1 aliphatic rings. The van der Waals surface area contributed by atoms with E-state index in [1.165, 1.54) is 0 Å². The summed E-state index contributed by atoms with van der Waals surface area (Å²) < 4.78 is 10.5. The third-order valence-electron chi connectivity index (χ3n) is 3.27. The maximum Gasteiger partial charge on any atom is 0.255 e. The highest BCUT2D eigenvalue weighted by Crippen LogP contribution is 2.36.